The van der Waals surface area contributed by atoms with Gasteiger partial charge in [-0.1, -0.05) is 22.5 Å². The predicted molar refractivity (Wildman–Crippen MR) is 24.9 cm³/mol. The van der Waals surface area contributed by atoms with Gasteiger partial charge in [-0.15, -0.1) is 0 Å². The maximum absolute atomic E-state index is 3.28. The van der Waals surface area contributed by atoms with E-state index in [2.05, 4.69) is 22.5 Å². The summed E-state index contributed by atoms with van der Waals surface area (Å²) in [5.41, 5.74) is 0. The van der Waals surface area contributed by atoms with Gasteiger partial charge in [-0.25, -0.2) is 0 Å². The summed E-state index contributed by atoms with van der Waals surface area (Å²) in [5, 5.41) is 0. The van der Waals surface area contributed by atoms with E-state index in [4.69, 9.17) is 0 Å². The first-order valence-electron chi connectivity index (χ1n) is 0.626. The minimum atomic E-state index is 0. The quantitative estimate of drug-likeness (QED) is 0.433. The maximum atomic E-state index is 3.28. The van der Waals surface area contributed by atoms with E-state index >= 15 is 0 Å². The van der Waals surface area contributed by atoms with Gasteiger partial charge in [0.2, 0.25) is 0 Å². The van der Waals surface area contributed by atoms with Crippen molar-refractivity contribution in [3.63, 3.8) is 0 Å². The highest BCUT2D eigenvalue weighted by atomic mass is 79.9. The molecule has 0 aromatic heterocycles. The van der Waals surface area contributed by atoms with Crippen molar-refractivity contribution in [2.24, 2.45) is 0 Å². The third-order valence-electron chi connectivity index (χ3n) is 0. The van der Waals surface area contributed by atoms with Crippen LogP contribution in [0.3, 0.4) is 0 Å². The normalized spacial score (nSPS) is 3.25. The molecule has 0 unspecified atom stereocenters. The second-order valence-electron chi connectivity index (χ2n) is 0.154. The van der Waals surface area contributed by atoms with Crippen molar-refractivity contribution in [1.29, 1.82) is 0 Å². The monoisotopic (exact) mass is 130 g/mol. The molecule has 0 heterocycles. The zero-order chi connectivity index (χ0) is 2.71. The first-order valence-corrected chi connectivity index (χ1v) is 1.54. The molecule has 0 nitrogen and oxygen atoms in total. The van der Waals surface area contributed by atoms with E-state index in [1.54, 1.807) is 4.99 Å². The zero-order valence-electron chi connectivity index (χ0n) is 2.37. The van der Waals surface area contributed by atoms with Gasteiger partial charge < -0.3 is 0 Å². The minimum Gasteiger partial charge on any atom is -0.0921 e. The van der Waals surface area contributed by atoms with Gasteiger partial charge in [0.1, 0.15) is 0 Å². The summed E-state index contributed by atoms with van der Waals surface area (Å²) in [7, 11) is 0. The highest BCUT2D eigenvalue weighted by Gasteiger charge is 1.18. The lowest BCUT2D eigenvalue weighted by Crippen LogP contribution is -0.895. The van der Waals surface area contributed by atoms with E-state index in [-0.39, 0.29) is 23.1 Å². The van der Waals surface area contributed by atoms with Crippen molar-refractivity contribution in [2.75, 3.05) is 0 Å². The summed E-state index contributed by atoms with van der Waals surface area (Å²) < 4.78 is 0. The Morgan fingerprint density at radius 1 is 1.75 bits per heavy atom. The molecule has 0 N–H and O–H groups in total. The topological polar surface area (TPSA) is 0 Å². The van der Waals surface area contributed by atoms with Gasteiger partial charge in [0, 0.05) is 23.1 Å². The summed E-state index contributed by atoms with van der Waals surface area (Å²) in [5.74, 6) is 0. The lowest BCUT2D eigenvalue weighted by atomic mass is 11.3. The van der Waals surface area contributed by atoms with Crippen LogP contribution in [0.4, 0.5) is 0 Å². The Kier molecular flexibility index (Phi) is 20.0. The molecule has 0 atom stereocenters. The van der Waals surface area contributed by atoms with Gasteiger partial charge in [-0.05, 0) is 4.99 Å². The van der Waals surface area contributed by atoms with Crippen LogP contribution in [-0.2, 0) is 0 Å². The number of rotatable bonds is 0. The van der Waals surface area contributed by atoms with Crippen molar-refractivity contribution in [3.05, 3.63) is 11.6 Å². The Bertz CT molecular complexity index is 13.5. The van der Waals surface area contributed by atoms with Crippen LogP contribution < -0.4 is 0 Å². The van der Waals surface area contributed by atoms with E-state index in [1.165, 1.54) is 0 Å². The molecule has 0 saturated heterocycles. The van der Waals surface area contributed by atoms with Crippen LogP contribution in [-0.4, -0.2) is 23.1 Å². The second-order valence-corrected chi connectivity index (χ2v) is 0.802. The smallest absolute Gasteiger partial charge is 0 e. The van der Waals surface area contributed by atoms with Gasteiger partial charge in [0.25, 0.3) is 0 Å². The van der Waals surface area contributed by atoms with Gasteiger partial charge in [0.15, 0.2) is 0 Å². The zero-order valence-corrected chi connectivity index (χ0v) is 5.37. The largest absolute Gasteiger partial charge is 0.0921 e. The molecule has 0 aromatic rings. The Balaban J connectivity index is 0. The molecule has 0 spiro atoms. The minimum absolute atomic E-state index is 0. The van der Waals surface area contributed by atoms with E-state index < -0.39 is 0 Å². The fourth-order valence-corrected chi connectivity index (χ4v) is 0. The molecule has 0 amide bonds. The molecule has 0 aromatic carbocycles. The van der Waals surface area contributed by atoms with E-state index in [0.29, 0.717) is 0 Å². The van der Waals surface area contributed by atoms with Crippen LogP contribution in [0.25, 0.3) is 0 Å². The average molecular weight is 131 g/mol. The van der Waals surface area contributed by atoms with Gasteiger partial charge >= 0.3 is 0 Å². The van der Waals surface area contributed by atoms with Crippen molar-refractivity contribution < 1.29 is 0 Å². The van der Waals surface area contributed by atoms with E-state index in [0.717, 1.165) is 0 Å². The molecule has 0 saturated carbocycles. The Hall–Kier alpha value is 0.986. The predicted octanol–water partition coefficient (Wildman–Crippen LogP) is 1.14. The fourth-order valence-electron chi connectivity index (χ4n) is 0. The first kappa shape index (κ1) is 8.88. The van der Waals surface area contributed by atoms with Crippen LogP contribution >= 0.6 is 15.9 Å². The fraction of sp³-hybridized carbons (Fsp3) is 0. The molecule has 0 aliphatic heterocycles. The van der Waals surface area contributed by atoms with Crippen LogP contribution in [0.2, 0.25) is 0 Å². The van der Waals surface area contributed by atoms with Crippen molar-refractivity contribution in [1.82, 2.24) is 0 Å². The summed E-state index contributed by atoms with van der Waals surface area (Å²) in [6.07, 6.45) is 0. The van der Waals surface area contributed by atoms with Crippen LogP contribution in [0.1, 0.15) is 0 Å². The average Bonchev–Trinajstić information content (AvgIpc) is 0.918. The second kappa shape index (κ2) is 9.01. The SMILES string of the molecule is C=CBr.[Mg]. The standard InChI is InChI=1S/C2H3Br.Mg/c1-2-3;/h2H,1H2;. The third-order valence-corrected chi connectivity index (χ3v) is 0. The van der Waals surface area contributed by atoms with Crippen LogP contribution in [0.15, 0.2) is 11.6 Å². The Morgan fingerprint density at radius 2 is 1.75 bits per heavy atom. The van der Waals surface area contributed by atoms with Gasteiger partial charge in [0.05, 0.1) is 0 Å². The molecule has 20 valence electrons. The molecule has 2 heteroatoms. The molecular formula is C2H3BrMg. The van der Waals surface area contributed by atoms with Crippen molar-refractivity contribution >= 4 is 39.0 Å². The lowest BCUT2D eigenvalue weighted by molar-refractivity contribution is 2.72. The summed E-state index contributed by atoms with van der Waals surface area (Å²) in [4.78, 5) is 1.56. The Morgan fingerprint density at radius 3 is 1.75 bits per heavy atom. The molecule has 0 aliphatic rings. The highest BCUT2D eigenvalue weighted by Crippen LogP contribution is 1.68. The van der Waals surface area contributed by atoms with Crippen molar-refractivity contribution in [3.8, 4) is 0 Å². The third kappa shape index (κ3) is 12.1. The summed E-state index contributed by atoms with van der Waals surface area (Å²) in [6, 6.07) is 0. The number of hydrogen-bond acceptors (Lipinski definition) is 0. The summed E-state index contributed by atoms with van der Waals surface area (Å²) in [6.45, 7) is 3.28. The van der Waals surface area contributed by atoms with Gasteiger partial charge in [-0.2, -0.15) is 0 Å². The molecule has 2 radical (unpaired) electrons. The Labute approximate surface area is 50.6 Å². The van der Waals surface area contributed by atoms with Gasteiger partial charge in [-0.3, -0.25) is 0 Å². The molecule has 4 heavy (non-hydrogen) atoms. The molecule has 0 aliphatic carbocycles. The first-order chi connectivity index (χ1) is 1.41. The highest BCUT2D eigenvalue weighted by molar-refractivity contribution is 9.11. The molecule has 0 bridgehead atoms. The number of hydrogen-bond donors (Lipinski definition) is 0. The summed E-state index contributed by atoms with van der Waals surface area (Å²) >= 11 is 2.91. The van der Waals surface area contributed by atoms with E-state index in [1.807, 2.05) is 0 Å². The molecule has 0 rings (SSSR count). The number of halogens is 1. The molecular weight excluding hydrogens is 128 g/mol. The van der Waals surface area contributed by atoms with E-state index in [9.17, 15) is 0 Å². The van der Waals surface area contributed by atoms with Crippen molar-refractivity contribution in [2.45, 2.75) is 0 Å². The molecule has 0 fully saturated rings. The van der Waals surface area contributed by atoms with Crippen LogP contribution in [0, 0.1) is 0 Å². The lowest BCUT2D eigenvalue weighted by Gasteiger charge is -1.27. The van der Waals surface area contributed by atoms with Crippen LogP contribution in [0.5, 0.6) is 0 Å². The maximum Gasteiger partial charge on any atom is 0 e.